The zero-order valence-electron chi connectivity index (χ0n) is 42.7. The topological polar surface area (TPSA) is 30.9 Å². The predicted molar refractivity (Wildman–Crippen MR) is 269 cm³/mol. The Kier molecular flexibility index (Phi) is 26.3. The predicted octanol–water partition coefficient (Wildman–Crippen LogP) is 16.5. The Labute approximate surface area is 387 Å². The number of hydrogen-bond donors (Lipinski definition) is 0. The van der Waals surface area contributed by atoms with Crippen LogP contribution in [0, 0.1) is 46.3 Å². The van der Waals surface area contributed by atoms with Crippen LogP contribution in [0.15, 0.2) is 36.0 Å². The van der Waals surface area contributed by atoms with E-state index >= 15 is 0 Å². The summed E-state index contributed by atoms with van der Waals surface area (Å²) in [6.07, 6.45) is 51.1. The fraction of sp³-hybridized carbons (Fsp3) is 0.897. The van der Waals surface area contributed by atoms with Crippen molar-refractivity contribution in [2.24, 2.45) is 46.3 Å². The lowest BCUT2D eigenvalue weighted by atomic mass is 9.47. The summed E-state index contributed by atoms with van der Waals surface area (Å²) >= 11 is 0. The minimum absolute atomic E-state index is 0.173. The fourth-order valence-corrected chi connectivity index (χ4v) is 13.2. The Bertz CT molecular complexity index is 1240. The zero-order chi connectivity index (χ0) is 44.5. The van der Waals surface area contributed by atoms with Crippen molar-refractivity contribution in [3.05, 3.63) is 36.0 Å². The van der Waals surface area contributed by atoms with Crippen LogP contribution in [-0.2, 0) is 14.2 Å². The summed E-state index contributed by atoms with van der Waals surface area (Å²) in [6.45, 7) is 19.4. The van der Waals surface area contributed by atoms with Gasteiger partial charge < -0.3 is 19.1 Å². The molecule has 3 fully saturated rings. The Morgan fingerprint density at radius 3 is 2.05 bits per heavy atom. The third-order valence-corrected chi connectivity index (χ3v) is 16.9. The van der Waals surface area contributed by atoms with Gasteiger partial charge in [0.25, 0.3) is 0 Å². The van der Waals surface area contributed by atoms with Crippen molar-refractivity contribution in [2.75, 3.05) is 47.1 Å². The van der Waals surface area contributed by atoms with Gasteiger partial charge in [-0.15, -0.1) is 0 Å². The molecule has 4 heteroatoms. The molecule has 0 aromatic heterocycles. The van der Waals surface area contributed by atoms with E-state index in [-0.39, 0.29) is 6.10 Å². The molecule has 3 saturated carbocycles. The average Bonchev–Trinajstić information content (AvgIpc) is 3.60. The molecule has 0 heterocycles. The quantitative estimate of drug-likeness (QED) is 0.0469. The minimum atomic E-state index is 0.173. The molecule has 4 rings (SSSR count). The average molecular weight is 864 g/mol. The van der Waals surface area contributed by atoms with Crippen molar-refractivity contribution in [1.82, 2.24) is 4.90 Å². The summed E-state index contributed by atoms with van der Waals surface area (Å²) in [5.74, 6) is 5.49. The van der Waals surface area contributed by atoms with Crippen LogP contribution in [0.2, 0.25) is 0 Å². The summed E-state index contributed by atoms with van der Waals surface area (Å²) in [7, 11) is 4.28. The molecule has 4 aliphatic rings. The summed E-state index contributed by atoms with van der Waals surface area (Å²) in [5, 5.41) is 0. The fourth-order valence-electron chi connectivity index (χ4n) is 13.2. The standard InChI is InChI=1S/C58H105NO3/c1-9-10-11-12-13-14-15-16-17-18-19-20-21-22-25-28-42-60-47-52(46-59(7)8)62-44-30-27-24-23-26-29-43-61-51-38-40-57(5)50(45-51)34-35-53-55-37-36-54(49(4)33-31-32-48(2)3)58(55,6)41-39-56(53)57/h13-14,16-17,34,48-49,51-56H,9-12,15,18-33,35-47H2,1-8H3/b14-13-,17-16-/t49-,51+,52?,53+,54-,55+,56+,57+,58-/m1/s1. The SMILES string of the molecule is CCCCC/C=C\C/C=C\CCCCCCCCOCC(CN(C)C)OCCCCCCCCO[C@H]1CC[C@@]2(C)C(=CC[C@H]3[C@@H]4CC[C@H]([C@H](C)CCCC(C)C)[C@@]4(C)CC[C@@H]32)C1. The molecule has 0 N–H and O–H groups in total. The van der Waals surface area contributed by atoms with Crippen LogP contribution < -0.4 is 0 Å². The maximum absolute atomic E-state index is 6.61. The van der Waals surface area contributed by atoms with Crippen molar-refractivity contribution in [1.29, 1.82) is 0 Å². The maximum atomic E-state index is 6.61. The first kappa shape index (κ1) is 53.7. The number of hydrogen-bond acceptors (Lipinski definition) is 4. The molecule has 360 valence electrons. The third kappa shape index (κ3) is 18.4. The van der Waals surface area contributed by atoms with Crippen LogP contribution >= 0.6 is 0 Å². The number of allylic oxidation sites excluding steroid dienone is 5. The number of fused-ring (bicyclic) bond motifs is 5. The number of nitrogens with zero attached hydrogens (tertiary/aromatic N) is 1. The highest BCUT2D eigenvalue weighted by Gasteiger charge is 2.59. The van der Waals surface area contributed by atoms with Crippen molar-refractivity contribution in [2.45, 2.75) is 240 Å². The van der Waals surface area contributed by atoms with Gasteiger partial charge in [-0.3, -0.25) is 0 Å². The van der Waals surface area contributed by atoms with Gasteiger partial charge in [0.1, 0.15) is 0 Å². The first-order valence-corrected chi connectivity index (χ1v) is 27.5. The molecule has 0 aromatic rings. The molecule has 0 radical (unpaired) electrons. The first-order valence-electron chi connectivity index (χ1n) is 27.5. The smallest absolute Gasteiger partial charge is 0.0934 e. The monoisotopic (exact) mass is 864 g/mol. The van der Waals surface area contributed by atoms with E-state index in [0.717, 1.165) is 81.3 Å². The lowest BCUT2D eigenvalue weighted by molar-refractivity contribution is -0.0641. The number of unbranched alkanes of at least 4 members (excludes halogenated alkanes) is 14. The Balaban J connectivity index is 0.980. The Hall–Kier alpha value is -0.940. The van der Waals surface area contributed by atoms with Crippen LogP contribution in [0.5, 0.6) is 0 Å². The Morgan fingerprint density at radius 1 is 0.694 bits per heavy atom. The lowest BCUT2D eigenvalue weighted by Gasteiger charge is -2.58. The normalized spacial score (nSPS) is 28.5. The van der Waals surface area contributed by atoms with E-state index in [9.17, 15) is 0 Å². The summed E-state index contributed by atoms with van der Waals surface area (Å²) in [4.78, 5) is 2.23. The van der Waals surface area contributed by atoms with Crippen LogP contribution in [-0.4, -0.2) is 64.2 Å². The summed E-state index contributed by atoms with van der Waals surface area (Å²) < 4.78 is 19.0. The third-order valence-electron chi connectivity index (χ3n) is 16.9. The molecule has 0 spiro atoms. The van der Waals surface area contributed by atoms with E-state index in [1.54, 1.807) is 5.57 Å². The van der Waals surface area contributed by atoms with Crippen molar-refractivity contribution >= 4 is 0 Å². The van der Waals surface area contributed by atoms with Gasteiger partial charge in [-0.1, -0.05) is 161 Å². The first-order chi connectivity index (χ1) is 30.1. The molecule has 0 bridgehead atoms. The Morgan fingerprint density at radius 2 is 1.35 bits per heavy atom. The molecule has 4 aliphatic carbocycles. The van der Waals surface area contributed by atoms with Gasteiger partial charge in [-0.05, 0) is 163 Å². The van der Waals surface area contributed by atoms with E-state index < -0.39 is 0 Å². The van der Waals surface area contributed by atoms with Crippen LogP contribution in [0.3, 0.4) is 0 Å². The maximum Gasteiger partial charge on any atom is 0.0934 e. The molecule has 0 amide bonds. The van der Waals surface area contributed by atoms with Crippen molar-refractivity contribution in [3.8, 4) is 0 Å². The second-order valence-corrected chi connectivity index (χ2v) is 22.6. The molecule has 0 saturated heterocycles. The van der Waals surface area contributed by atoms with Gasteiger partial charge in [0.15, 0.2) is 0 Å². The van der Waals surface area contributed by atoms with Gasteiger partial charge in [0.05, 0.1) is 18.8 Å². The van der Waals surface area contributed by atoms with Gasteiger partial charge in [-0.2, -0.15) is 0 Å². The molecule has 0 aromatic carbocycles. The van der Waals surface area contributed by atoms with E-state index in [2.05, 4.69) is 90.9 Å². The van der Waals surface area contributed by atoms with E-state index in [1.165, 1.54) is 173 Å². The highest BCUT2D eigenvalue weighted by molar-refractivity contribution is 5.25. The van der Waals surface area contributed by atoms with Crippen LogP contribution in [0.25, 0.3) is 0 Å². The molecule has 0 aliphatic heterocycles. The molecule has 4 nitrogen and oxygen atoms in total. The van der Waals surface area contributed by atoms with Crippen molar-refractivity contribution < 1.29 is 14.2 Å². The minimum Gasteiger partial charge on any atom is -0.379 e. The molecule has 1 unspecified atom stereocenters. The zero-order valence-corrected chi connectivity index (χ0v) is 42.7. The highest BCUT2D eigenvalue weighted by Crippen LogP contribution is 2.67. The summed E-state index contributed by atoms with van der Waals surface area (Å²) in [5.41, 5.74) is 2.79. The van der Waals surface area contributed by atoms with Crippen LogP contribution in [0.4, 0.5) is 0 Å². The van der Waals surface area contributed by atoms with Gasteiger partial charge in [-0.25, -0.2) is 0 Å². The van der Waals surface area contributed by atoms with Gasteiger partial charge in [0.2, 0.25) is 0 Å². The number of likely N-dealkylation sites (N-methyl/N-ethyl adjacent to an activating group) is 1. The molecule has 9 atom stereocenters. The van der Waals surface area contributed by atoms with E-state index in [4.69, 9.17) is 14.2 Å². The molecular weight excluding hydrogens is 759 g/mol. The van der Waals surface area contributed by atoms with Crippen molar-refractivity contribution in [3.63, 3.8) is 0 Å². The van der Waals surface area contributed by atoms with E-state index in [0.29, 0.717) is 16.9 Å². The van der Waals surface area contributed by atoms with Gasteiger partial charge >= 0.3 is 0 Å². The van der Waals surface area contributed by atoms with Crippen LogP contribution in [0.1, 0.15) is 228 Å². The number of ether oxygens (including phenoxy) is 3. The highest BCUT2D eigenvalue weighted by atomic mass is 16.5. The second kappa shape index (κ2) is 30.4. The molecular formula is C58H105NO3. The van der Waals surface area contributed by atoms with Gasteiger partial charge in [0, 0.05) is 26.4 Å². The summed E-state index contributed by atoms with van der Waals surface area (Å²) in [6, 6.07) is 0. The second-order valence-electron chi connectivity index (χ2n) is 22.6. The lowest BCUT2D eigenvalue weighted by Crippen LogP contribution is -2.51. The molecule has 62 heavy (non-hydrogen) atoms. The number of rotatable bonds is 35. The van der Waals surface area contributed by atoms with E-state index in [1.807, 2.05) is 0 Å². The largest absolute Gasteiger partial charge is 0.379 e.